The van der Waals surface area contributed by atoms with Crippen molar-refractivity contribution >= 4 is 22.7 Å². The van der Waals surface area contributed by atoms with E-state index in [4.69, 9.17) is 4.42 Å². The number of hydrogen-bond donors (Lipinski definition) is 0. The Hall–Kier alpha value is -0.890. The maximum atomic E-state index is 5.95. The number of aryl methyl sites for hydroxylation is 1. The van der Waals surface area contributed by atoms with Gasteiger partial charge in [-0.25, -0.2) is 0 Å². The van der Waals surface area contributed by atoms with Crippen LogP contribution in [-0.2, 0) is 0 Å². The van der Waals surface area contributed by atoms with Crippen LogP contribution in [0.5, 0.6) is 0 Å². The van der Waals surface area contributed by atoms with Crippen LogP contribution in [0.15, 0.2) is 27.5 Å². The Balaban J connectivity index is 1.95. The van der Waals surface area contributed by atoms with Gasteiger partial charge in [0.05, 0.1) is 4.90 Å². The van der Waals surface area contributed by atoms with E-state index in [1.807, 2.05) is 0 Å². The molecule has 0 bridgehead atoms. The summed E-state index contributed by atoms with van der Waals surface area (Å²) < 4.78 is 5.95. The number of hydrogen-bond acceptors (Lipinski definition) is 2. The molecule has 1 heterocycles. The SMILES string of the molecule is Cc1oc2ccc(C(C)C)cc2c1SC1CCCCC1. The van der Waals surface area contributed by atoms with Crippen molar-refractivity contribution in [3.05, 3.63) is 29.5 Å². The molecule has 2 heteroatoms. The molecule has 1 aliphatic carbocycles. The van der Waals surface area contributed by atoms with E-state index in [1.54, 1.807) is 0 Å². The van der Waals surface area contributed by atoms with Crippen LogP contribution < -0.4 is 0 Å². The molecule has 20 heavy (non-hydrogen) atoms. The van der Waals surface area contributed by atoms with Gasteiger partial charge in [-0.1, -0.05) is 39.2 Å². The van der Waals surface area contributed by atoms with Gasteiger partial charge in [-0.05, 0) is 43.4 Å². The first-order chi connectivity index (χ1) is 9.65. The fraction of sp³-hybridized carbons (Fsp3) is 0.556. The molecular formula is C18H24OS. The van der Waals surface area contributed by atoms with E-state index in [0.717, 1.165) is 16.6 Å². The predicted molar refractivity (Wildman–Crippen MR) is 87.8 cm³/mol. The van der Waals surface area contributed by atoms with E-state index in [2.05, 4.69) is 50.7 Å². The van der Waals surface area contributed by atoms with Gasteiger partial charge in [-0.15, -0.1) is 11.8 Å². The van der Waals surface area contributed by atoms with Gasteiger partial charge in [0.2, 0.25) is 0 Å². The quantitative estimate of drug-likeness (QED) is 0.658. The summed E-state index contributed by atoms with van der Waals surface area (Å²) in [6.45, 7) is 6.62. The van der Waals surface area contributed by atoms with E-state index in [0.29, 0.717) is 5.92 Å². The molecule has 0 unspecified atom stereocenters. The summed E-state index contributed by atoms with van der Waals surface area (Å²) in [5.41, 5.74) is 2.45. The molecule has 0 spiro atoms. The molecule has 0 aliphatic heterocycles. The largest absolute Gasteiger partial charge is 0.460 e. The minimum atomic E-state index is 0.571. The molecule has 0 N–H and O–H groups in total. The summed E-state index contributed by atoms with van der Waals surface area (Å²) in [5.74, 6) is 1.67. The van der Waals surface area contributed by atoms with Gasteiger partial charge in [0, 0.05) is 10.6 Å². The normalized spacial score (nSPS) is 17.2. The third kappa shape index (κ3) is 2.76. The number of furan rings is 1. The molecule has 0 atom stereocenters. The molecule has 1 aromatic heterocycles. The maximum Gasteiger partial charge on any atom is 0.135 e. The van der Waals surface area contributed by atoms with Gasteiger partial charge in [-0.3, -0.25) is 0 Å². The molecule has 0 saturated heterocycles. The monoisotopic (exact) mass is 288 g/mol. The highest BCUT2D eigenvalue weighted by Crippen LogP contribution is 2.41. The van der Waals surface area contributed by atoms with Crippen molar-refractivity contribution < 1.29 is 4.42 Å². The first kappa shape index (κ1) is 14.1. The van der Waals surface area contributed by atoms with Crippen molar-refractivity contribution in [1.29, 1.82) is 0 Å². The molecule has 108 valence electrons. The Bertz CT molecular complexity index is 591. The van der Waals surface area contributed by atoms with Crippen LogP contribution in [0.2, 0.25) is 0 Å². The van der Waals surface area contributed by atoms with Gasteiger partial charge in [0.15, 0.2) is 0 Å². The van der Waals surface area contributed by atoms with Crippen LogP contribution in [0, 0.1) is 6.92 Å². The van der Waals surface area contributed by atoms with Crippen LogP contribution in [-0.4, -0.2) is 5.25 Å². The van der Waals surface area contributed by atoms with Crippen molar-refractivity contribution in [3.8, 4) is 0 Å². The molecule has 3 rings (SSSR count). The van der Waals surface area contributed by atoms with E-state index < -0.39 is 0 Å². The summed E-state index contributed by atoms with van der Waals surface area (Å²) >= 11 is 2.05. The van der Waals surface area contributed by atoms with Gasteiger partial charge in [-0.2, -0.15) is 0 Å². The van der Waals surface area contributed by atoms with Crippen molar-refractivity contribution in [3.63, 3.8) is 0 Å². The van der Waals surface area contributed by atoms with Crippen LogP contribution >= 0.6 is 11.8 Å². The predicted octanol–water partition coefficient (Wildman–Crippen LogP) is 6.29. The second-order valence-corrected chi connectivity index (χ2v) is 7.59. The standard InChI is InChI=1S/C18H24OS/c1-12(2)14-9-10-17-16(11-14)18(13(3)19-17)20-15-7-5-4-6-8-15/h9-12,15H,4-8H2,1-3H3. The molecule has 0 radical (unpaired) electrons. The fourth-order valence-corrected chi connectivity index (χ4v) is 4.47. The molecule has 2 aromatic rings. The van der Waals surface area contributed by atoms with Gasteiger partial charge < -0.3 is 4.42 Å². The molecule has 1 nitrogen and oxygen atoms in total. The summed E-state index contributed by atoms with van der Waals surface area (Å²) in [4.78, 5) is 1.38. The van der Waals surface area contributed by atoms with E-state index in [9.17, 15) is 0 Å². The summed E-state index contributed by atoms with van der Waals surface area (Å²) in [6, 6.07) is 6.68. The van der Waals surface area contributed by atoms with Crippen molar-refractivity contribution in [2.24, 2.45) is 0 Å². The summed E-state index contributed by atoms with van der Waals surface area (Å²) in [5, 5.41) is 2.11. The molecule has 1 fully saturated rings. The lowest BCUT2D eigenvalue weighted by Crippen LogP contribution is -2.07. The first-order valence-corrected chi connectivity index (χ1v) is 8.73. The lowest BCUT2D eigenvalue weighted by atomic mass is 10.0. The average Bonchev–Trinajstić information content (AvgIpc) is 2.75. The first-order valence-electron chi connectivity index (χ1n) is 7.85. The highest BCUT2D eigenvalue weighted by Gasteiger charge is 2.20. The smallest absolute Gasteiger partial charge is 0.135 e. The third-order valence-corrected chi connectivity index (χ3v) is 5.88. The average molecular weight is 288 g/mol. The molecule has 1 saturated carbocycles. The molecule has 0 amide bonds. The highest BCUT2D eigenvalue weighted by atomic mass is 32.2. The second-order valence-electron chi connectivity index (χ2n) is 6.28. The summed E-state index contributed by atoms with van der Waals surface area (Å²) in [7, 11) is 0. The van der Waals surface area contributed by atoms with Crippen LogP contribution in [0.4, 0.5) is 0 Å². The zero-order valence-corrected chi connectivity index (χ0v) is 13.6. The Morgan fingerprint density at radius 2 is 1.90 bits per heavy atom. The lowest BCUT2D eigenvalue weighted by Gasteiger charge is -2.20. The number of fused-ring (bicyclic) bond motifs is 1. The summed E-state index contributed by atoms with van der Waals surface area (Å²) in [6.07, 6.45) is 6.93. The zero-order chi connectivity index (χ0) is 14.1. The van der Waals surface area contributed by atoms with Crippen LogP contribution in [0.3, 0.4) is 0 Å². The number of rotatable bonds is 3. The van der Waals surface area contributed by atoms with Gasteiger partial charge >= 0.3 is 0 Å². The van der Waals surface area contributed by atoms with Crippen molar-refractivity contribution in [1.82, 2.24) is 0 Å². The Labute approximate surface area is 126 Å². The van der Waals surface area contributed by atoms with Crippen LogP contribution in [0.1, 0.15) is 63.2 Å². The minimum Gasteiger partial charge on any atom is -0.460 e. The van der Waals surface area contributed by atoms with E-state index in [-0.39, 0.29) is 0 Å². The van der Waals surface area contributed by atoms with E-state index in [1.165, 1.54) is 47.9 Å². The third-order valence-electron chi connectivity index (χ3n) is 4.33. The van der Waals surface area contributed by atoms with Crippen molar-refractivity contribution in [2.45, 2.75) is 68.9 Å². The second kappa shape index (κ2) is 5.85. The fourth-order valence-electron chi connectivity index (χ4n) is 3.07. The molecular weight excluding hydrogens is 264 g/mol. The minimum absolute atomic E-state index is 0.571. The Kier molecular flexibility index (Phi) is 4.11. The lowest BCUT2D eigenvalue weighted by molar-refractivity contribution is 0.515. The topological polar surface area (TPSA) is 13.1 Å². The number of benzene rings is 1. The van der Waals surface area contributed by atoms with Gasteiger partial charge in [0.1, 0.15) is 11.3 Å². The van der Waals surface area contributed by atoms with E-state index >= 15 is 0 Å². The highest BCUT2D eigenvalue weighted by molar-refractivity contribution is 8.00. The van der Waals surface area contributed by atoms with Crippen molar-refractivity contribution in [2.75, 3.05) is 0 Å². The Morgan fingerprint density at radius 3 is 2.60 bits per heavy atom. The zero-order valence-electron chi connectivity index (χ0n) is 12.7. The maximum absolute atomic E-state index is 5.95. The molecule has 1 aromatic carbocycles. The Morgan fingerprint density at radius 1 is 1.15 bits per heavy atom. The number of thioether (sulfide) groups is 1. The van der Waals surface area contributed by atoms with Crippen LogP contribution in [0.25, 0.3) is 11.0 Å². The molecule has 1 aliphatic rings. The van der Waals surface area contributed by atoms with Gasteiger partial charge in [0.25, 0.3) is 0 Å².